The Morgan fingerprint density at radius 3 is 2.17 bits per heavy atom. The molecule has 0 aromatic heterocycles. The zero-order valence-corrected chi connectivity index (χ0v) is 17.6. The summed E-state index contributed by atoms with van der Waals surface area (Å²) in [6.07, 6.45) is -2.93. The van der Waals surface area contributed by atoms with Crippen LogP contribution in [0.25, 0.3) is 0 Å². The zero-order valence-electron chi connectivity index (χ0n) is 17.6. The second-order valence-corrected chi connectivity index (χ2v) is 7.39. The number of methoxy groups -OCH3 is 1. The Morgan fingerprint density at radius 2 is 1.63 bits per heavy atom. The highest BCUT2D eigenvalue weighted by molar-refractivity contribution is 5.89. The number of hydrogen-bond acceptors (Lipinski definition) is 7. The van der Waals surface area contributed by atoms with E-state index >= 15 is 0 Å². The minimum Gasteiger partial charge on any atom is -0.453 e. The lowest BCUT2D eigenvalue weighted by Crippen LogP contribution is -2.54. The number of ether oxygens (including phenoxy) is 4. The molecule has 2 aromatic carbocycles. The molecule has 0 aliphatic rings. The van der Waals surface area contributed by atoms with Crippen LogP contribution in [0.1, 0.15) is 29.8 Å². The quantitative estimate of drug-likeness (QED) is 0.311. The Balaban J connectivity index is 2.08. The summed E-state index contributed by atoms with van der Waals surface area (Å²) in [5, 5.41) is 20.4. The van der Waals surface area contributed by atoms with Crippen molar-refractivity contribution in [1.29, 1.82) is 0 Å². The summed E-state index contributed by atoms with van der Waals surface area (Å²) in [5.74, 6) is -0.612. The molecule has 30 heavy (non-hydrogen) atoms. The second kappa shape index (κ2) is 11.8. The first kappa shape index (κ1) is 24.0. The third-order valence-corrected chi connectivity index (χ3v) is 4.52. The van der Waals surface area contributed by atoms with E-state index < -0.39 is 36.5 Å². The van der Waals surface area contributed by atoms with Crippen molar-refractivity contribution in [3.05, 3.63) is 71.8 Å². The number of carbonyl (C=O) groups is 1. The maximum absolute atomic E-state index is 12.5. The summed E-state index contributed by atoms with van der Waals surface area (Å²) < 4.78 is 22.3. The number of hydrogen-bond donors (Lipinski definition) is 2. The number of benzene rings is 2. The van der Waals surface area contributed by atoms with Crippen LogP contribution in [0.2, 0.25) is 0 Å². The van der Waals surface area contributed by atoms with Gasteiger partial charge in [-0.15, -0.1) is 0 Å². The minimum absolute atomic E-state index is 0.144. The van der Waals surface area contributed by atoms with Crippen LogP contribution in [0.15, 0.2) is 60.7 Å². The molecule has 0 amide bonds. The van der Waals surface area contributed by atoms with Crippen molar-refractivity contribution in [3.63, 3.8) is 0 Å². The number of esters is 1. The lowest BCUT2D eigenvalue weighted by atomic mass is 9.93. The predicted octanol–water partition coefficient (Wildman–Crippen LogP) is 2.55. The van der Waals surface area contributed by atoms with E-state index in [1.54, 1.807) is 44.2 Å². The minimum atomic E-state index is -1.33. The molecule has 0 aliphatic carbocycles. The van der Waals surface area contributed by atoms with Gasteiger partial charge in [-0.2, -0.15) is 0 Å². The van der Waals surface area contributed by atoms with Crippen LogP contribution in [0, 0.1) is 0 Å². The summed E-state index contributed by atoms with van der Waals surface area (Å²) in [6, 6.07) is 18.0. The van der Waals surface area contributed by atoms with Crippen LogP contribution in [-0.4, -0.2) is 60.6 Å². The Morgan fingerprint density at radius 1 is 1.03 bits per heavy atom. The first-order chi connectivity index (χ1) is 14.4. The van der Waals surface area contributed by atoms with Crippen molar-refractivity contribution >= 4 is 5.97 Å². The van der Waals surface area contributed by atoms with Gasteiger partial charge in [0.15, 0.2) is 6.10 Å². The Kier molecular flexibility index (Phi) is 9.42. The van der Waals surface area contributed by atoms with E-state index in [4.69, 9.17) is 18.9 Å². The molecule has 3 atom stereocenters. The van der Waals surface area contributed by atoms with Crippen LogP contribution in [-0.2, 0) is 25.6 Å². The van der Waals surface area contributed by atoms with Gasteiger partial charge in [-0.25, -0.2) is 4.79 Å². The molecule has 2 N–H and O–H groups in total. The monoisotopic (exact) mass is 418 g/mol. The normalized spacial score (nSPS) is 14.7. The van der Waals surface area contributed by atoms with Crippen molar-refractivity contribution < 1.29 is 34.0 Å². The molecule has 0 fully saturated rings. The van der Waals surface area contributed by atoms with Crippen molar-refractivity contribution in [1.82, 2.24) is 0 Å². The van der Waals surface area contributed by atoms with Crippen LogP contribution in [0.5, 0.6) is 0 Å². The van der Waals surface area contributed by atoms with Crippen LogP contribution in [0.4, 0.5) is 0 Å². The van der Waals surface area contributed by atoms with Crippen LogP contribution in [0.3, 0.4) is 0 Å². The summed E-state index contributed by atoms with van der Waals surface area (Å²) >= 11 is 0. The molecule has 2 aromatic rings. The van der Waals surface area contributed by atoms with Gasteiger partial charge in [-0.1, -0.05) is 48.5 Å². The van der Waals surface area contributed by atoms with E-state index in [1.807, 2.05) is 30.3 Å². The summed E-state index contributed by atoms with van der Waals surface area (Å²) in [4.78, 5) is 12.5. The number of carbonyl (C=O) groups excluding carboxylic acids is 1. The Labute approximate surface area is 177 Å². The number of aliphatic hydroxyl groups excluding tert-OH is 1. The van der Waals surface area contributed by atoms with Gasteiger partial charge in [0.1, 0.15) is 19.0 Å². The molecule has 0 aliphatic heterocycles. The topological polar surface area (TPSA) is 94.5 Å². The number of rotatable bonds is 12. The van der Waals surface area contributed by atoms with Gasteiger partial charge in [0.05, 0.1) is 24.4 Å². The molecular formula is C23H30O7. The first-order valence-corrected chi connectivity index (χ1v) is 9.72. The number of aliphatic hydroxyl groups is 2. The predicted molar refractivity (Wildman–Crippen MR) is 111 cm³/mol. The van der Waals surface area contributed by atoms with E-state index in [0.29, 0.717) is 12.2 Å². The van der Waals surface area contributed by atoms with Gasteiger partial charge in [0.25, 0.3) is 0 Å². The molecule has 0 unspecified atom stereocenters. The average molecular weight is 418 g/mol. The fourth-order valence-corrected chi connectivity index (χ4v) is 3.06. The van der Waals surface area contributed by atoms with Gasteiger partial charge in [-0.3, -0.25) is 0 Å². The first-order valence-electron chi connectivity index (χ1n) is 9.72. The van der Waals surface area contributed by atoms with E-state index in [9.17, 15) is 15.0 Å². The maximum atomic E-state index is 12.5. The van der Waals surface area contributed by atoms with Gasteiger partial charge in [0, 0.05) is 7.11 Å². The molecule has 0 bridgehead atoms. The molecule has 164 valence electrons. The lowest BCUT2D eigenvalue weighted by molar-refractivity contribution is -0.209. The summed E-state index contributed by atoms with van der Waals surface area (Å²) in [7, 11) is 1.41. The van der Waals surface area contributed by atoms with Gasteiger partial charge >= 0.3 is 5.97 Å². The molecular weight excluding hydrogens is 388 g/mol. The maximum Gasteiger partial charge on any atom is 0.338 e. The van der Waals surface area contributed by atoms with Crippen molar-refractivity contribution in [2.45, 2.75) is 44.4 Å². The van der Waals surface area contributed by atoms with Gasteiger partial charge in [-0.05, 0) is 31.5 Å². The second-order valence-electron chi connectivity index (χ2n) is 7.39. The lowest BCUT2D eigenvalue weighted by Gasteiger charge is -2.37. The molecule has 2 rings (SSSR count). The third kappa shape index (κ3) is 7.19. The highest BCUT2D eigenvalue weighted by Crippen LogP contribution is 2.23. The van der Waals surface area contributed by atoms with Crippen LogP contribution >= 0.6 is 0 Å². The highest BCUT2D eigenvalue weighted by Gasteiger charge is 2.41. The molecule has 0 saturated heterocycles. The fraction of sp³-hybridized carbons (Fsp3) is 0.435. The van der Waals surface area contributed by atoms with E-state index in [-0.39, 0.29) is 6.79 Å². The van der Waals surface area contributed by atoms with E-state index in [2.05, 4.69) is 0 Å². The van der Waals surface area contributed by atoms with E-state index in [1.165, 1.54) is 7.11 Å². The molecule has 0 radical (unpaired) electrons. The molecule has 0 saturated carbocycles. The molecule has 0 heterocycles. The SMILES string of the molecule is CO[C@H]([C@@H](OCOCc1ccccc1)[C@H](CO)OC(=O)c1ccccc1)C(C)(C)O. The van der Waals surface area contributed by atoms with Crippen molar-refractivity contribution in [3.8, 4) is 0 Å². The zero-order chi connectivity index (χ0) is 22.0. The Bertz CT molecular complexity index is 743. The summed E-state index contributed by atoms with van der Waals surface area (Å²) in [6.45, 7) is 2.76. The van der Waals surface area contributed by atoms with Crippen LogP contribution < -0.4 is 0 Å². The molecule has 0 spiro atoms. The molecule has 7 nitrogen and oxygen atoms in total. The smallest absolute Gasteiger partial charge is 0.338 e. The van der Waals surface area contributed by atoms with E-state index in [0.717, 1.165) is 5.56 Å². The third-order valence-electron chi connectivity index (χ3n) is 4.52. The fourth-order valence-electron chi connectivity index (χ4n) is 3.06. The van der Waals surface area contributed by atoms with Crippen molar-refractivity contribution in [2.75, 3.05) is 20.5 Å². The summed E-state index contributed by atoms with van der Waals surface area (Å²) in [5.41, 5.74) is -0.0179. The highest BCUT2D eigenvalue weighted by atomic mass is 16.7. The van der Waals surface area contributed by atoms with Gasteiger partial charge < -0.3 is 29.2 Å². The molecule has 7 heteroatoms. The van der Waals surface area contributed by atoms with Gasteiger partial charge in [0.2, 0.25) is 0 Å². The van der Waals surface area contributed by atoms with Crippen molar-refractivity contribution in [2.24, 2.45) is 0 Å². The Hall–Kier alpha value is -2.29. The largest absolute Gasteiger partial charge is 0.453 e. The standard InChI is InChI=1S/C23H30O7/c1-23(2,26)21(27-3)20(29-16-28-15-17-10-6-4-7-11-17)19(14-24)30-22(25)18-12-8-5-9-13-18/h4-13,19-21,24,26H,14-16H2,1-3H3/t19-,20-,21+/m0/s1. The average Bonchev–Trinajstić information content (AvgIpc) is 2.74.